The lowest BCUT2D eigenvalue weighted by atomic mass is 10.0. The monoisotopic (exact) mass is 333 g/mol. The number of nitrogens with one attached hydrogen (secondary N) is 1. The molecule has 1 atom stereocenters. The van der Waals surface area contributed by atoms with Crippen molar-refractivity contribution in [2.24, 2.45) is 0 Å². The summed E-state index contributed by atoms with van der Waals surface area (Å²) in [5.41, 5.74) is 1.20. The van der Waals surface area contributed by atoms with E-state index in [0.29, 0.717) is 6.04 Å². The van der Waals surface area contributed by atoms with E-state index in [1.165, 1.54) is 5.56 Å². The van der Waals surface area contributed by atoms with E-state index in [-0.39, 0.29) is 0 Å². The van der Waals surface area contributed by atoms with E-state index in [1.54, 1.807) is 0 Å². The highest BCUT2D eigenvalue weighted by Gasteiger charge is 2.14. The van der Waals surface area contributed by atoms with Crippen LogP contribution in [-0.4, -0.2) is 6.54 Å². The van der Waals surface area contributed by atoms with Crippen molar-refractivity contribution in [3.8, 4) is 11.5 Å². The van der Waals surface area contributed by atoms with Gasteiger partial charge in [0.1, 0.15) is 11.5 Å². The maximum absolute atomic E-state index is 6.08. The summed E-state index contributed by atoms with van der Waals surface area (Å²) in [6.07, 6.45) is 1.03. The lowest BCUT2D eigenvalue weighted by Crippen LogP contribution is -2.20. The van der Waals surface area contributed by atoms with Crippen LogP contribution in [0.1, 0.15) is 31.9 Å². The molecule has 2 aromatic carbocycles. The first kappa shape index (κ1) is 15.1. The van der Waals surface area contributed by atoms with Gasteiger partial charge in [0.25, 0.3) is 0 Å². The summed E-state index contributed by atoms with van der Waals surface area (Å²) in [4.78, 5) is 0. The summed E-state index contributed by atoms with van der Waals surface area (Å²) in [7, 11) is 0. The molecule has 2 nitrogen and oxygen atoms in total. The third kappa shape index (κ3) is 3.62. The van der Waals surface area contributed by atoms with Gasteiger partial charge in [0.15, 0.2) is 0 Å². The summed E-state index contributed by atoms with van der Waals surface area (Å²) < 4.78 is 7.05. The van der Waals surface area contributed by atoms with Gasteiger partial charge in [-0.05, 0) is 47.1 Å². The Kier molecular flexibility index (Phi) is 5.62. The van der Waals surface area contributed by atoms with E-state index in [4.69, 9.17) is 4.74 Å². The fourth-order valence-corrected chi connectivity index (χ4v) is 2.59. The smallest absolute Gasteiger partial charge is 0.141 e. The second-order valence-corrected chi connectivity index (χ2v) is 5.44. The molecule has 2 aromatic rings. The Balaban J connectivity index is 2.30. The lowest BCUT2D eigenvalue weighted by molar-refractivity contribution is 0.451. The molecule has 0 aliphatic rings. The second-order valence-electron chi connectivity index (χ2n) is 4.59. The maximum Gasteiger partial charge on any atom is 0.141 e. The first-order valence-electron chi connectivity index (χ1n) is 7.01. The number of para-hydroxylation sites is 2. The molecular formula is C17H20BrNO. The number of benzene rings is 2. The van der Waals surface area contributed by atoms with Crippen molar-refractivity contribution >= 4 is 15.9 Å². The van der Waals surface area contributed by atoms with Gasteiger partial charge >= 0.3 is 0 Å². The van der Waals surface area contributed by atoms with Crippen LogP contribution >= 0.6 is 15.9 Å². The molecule has 0 heterocycles. The molecule has 0 aliphatic carbocycles. The molecule has 0 saturated carbocycles. The highest BCUT2D eigenvalue weighted by Crippen LogP contribution is 2.34. The van der Waals surface area contributed by atoms with Crippen molar-refractivity contribution in [1.29, 1.82) is 0 Å². The molecule has 106 valence electrons. The fraction of sp³-hybridized carbons (Fsp3) is 0.294. The Labute approximate surface area is 129 Å². The van der Waals surface area contributed by atoms with Gasteiger partial charge in [0, 0.05) is 11.6 Å². The first-order valence-corrected chi connectivity index (χ1v) is 7.80. The van der Waals surface area contributed by atoms with E-state index in [0.717, 1.165) is 28.9 Å². The molecule has 0 spiro atoms. The predicted octanol–water partition coefficient (Wildman–Crippen LogP) is 5.30. The van der Waals surface area contributed by atoms with Crippen LogP contribution in [0.5, 0.6) is 11.5 Å². The van der Waals surface area contributed by atoms with Crippen LogP contribution in [0.2, 0.25) is 0 Å². The third-order valence-electron chi connectivity index (χ3n) is 3.21. The van der Waals surface area contributed by atoms with Crippen LogP contribution in [0.3, 0.4) is 0 Å². The van der Waals surface area contributed by atoms with E-state index >= 15 is 0 Å². The van der Waals surface area contributed by atoms with Crippen molar-refractivity contribution in [2.75, 3.05) is 6.54 Å². The highest BCUT2D eigenvalue weighted by atomic mass is 79.9. The molecule has 3 heteroatoms. The van der Waals surface area contributed by atoms with Crippen molar-refractivity contribution in [1.82, 2.24) is 5.32 Å². The molecule has 0 amide bonds. The summed E-state index contributed by atoms with van der Waals surface area (Å²) >= 11 is 3.52. The molecule has 0 radical (unpaired) electrons. The van der Waals surface area contributed by atoms with Crippen LogP contribution in [-0.2, 0) is 0 Å². The number of hydrogen-bond donors (Lipinski definition) is 1. The summed E-state index contributed by atoms with van der Waals surface area (Å²) in [6, 6.07) is 16.4. The average Bonchev–Trinajstić information content (AvgIpc) is 2.48. The fourth-order valence-electron chi connectivity index (χ4n) is 2.23. The molecule has 1 N–H and O–H groups in total. The summed E-state index contributed by atoms with van der Waals surface area (Å²) in [5.74, 6) is 1.75. The Hall–Kier alpha value is -1.32. The minimum Gasteiger partial charge on any atom is -0.456 e. The van der Waals surface area contributed by atoms with Gasteiger partial charge in [0.05, 0.1) is 4.47 Å². The van der Waals surface area contributed by atoms with Gasteiger partial charge in [-0.25, -0.2) is 0 Å². The van der Waals surface area contributed by atoms with Crippen molar-refractivity contribution in [3.05, 3.63) is 58.6 Å². The lowest BCUT2D eigenvalue weighted by Gasteiger charge is -2.20. The Bertz CT molecular complexity index is 556. The molecule has 0 fully saturated rings. The number of halogens is 1. The summed E-state index contributed by atoms with van der Waals surface area (Å²) in [6.45, 7) is 5.25. The molecule has 0 saturated heterocycles. The molecule has 0 bridgehead atoms. The zero-order chi connectivity index (χ0) is 14.4. The summed E-state index contributed by atoms with van der Waals surface area (Å²) in [5, 5.41) is 3.50. The highest BCUT2D eigenvalue weighted by molar-refractivity contribution is 9.10. The third-order valence-corrected chi connectivity index (χ3v) is 3.86. The zero-order valence-corrected chi connectivity index (χ0v) is 13.5. The predicted molar refractivity (Wildman–Crippen MR) is 87.4 cm³/mol. The molecule has 20 heavy (non-hydrogen) atoms. The SMILES string of the molecule is CCNC(CC)c1ccccc1Oc1ccccc1Br. The van der Waals surface area contributed by atoms with Gasteiger partial charge in [-0.1, -0.05) is 44.2 Å². The normalized spacial score (nSPS) is 12.2. The molecule has 2 rings (SSSR count). The van der Waals surface area contributed by atoms with Crippen LogP contribution in [0.4, 0.5) is 0 Å². The van der Waals surface area contributed by atoms with Gasteiger partial charge in [-0.3, -0.25) is 0 Å². The van der Waals surface area contributed by atoms with E-state index in [9.17, 15) is 0 Å². The molecule has 0 aromatic heterocycles. The minimum absolute atomic E-state index is 0.318. The Morgan fingerprint density at radius 1 is 1.00 bits per heavy atom. The van der Waals surface area contributed by atoms with Gasteiger partial charge in [-0.15, -0.1) is 0 Å². The van der Waals surface area contributed by atoms with Crippen molar-refractivity contribution < 1.29 is 4.74 Å². The van der Waals surface area contributed by atoms with Crippen molar-refractivity contribution in [2.45, 2.75) is 26.3 Å². The van der Waals surface area contributed by atoms with Crippen LogP contribution in [0.15, 0.2) is 53.0 Å². The Morgan fingerprint density at radius 3 is 2.30 bits per heavy atom. The zero-order valence-electron chi connectivity index (χ0n) is 11.9. The second kappa shape index (κ2) is 7.46. The topological polar surface area (TPSA) is 21.3 Å². The van der Waals surface area contributed by atoms with Crippen LogP contribution < -0.4 is 10.1 Å². The van der Waals surface area contributed by atoms with E-state index in [1.807, 2.05) is 36.4 Å². The average molecular weight is 334 g/mol. The number of hydrogen-bond acceptors (Lipinski definition) is 2. The van der Waals surface area contributed by atoms with Gasteiger partial charge in [0.2, 0.25) is 0 Å². The largest absolute Gasteiger partial charge is 0.456 e. The Morgan fingerprint density at radius 2 is 1.65 bits per heavy atom. The minimum atomic E-state index is 0.318. The van der Waals surface area contributed by atoms with Crippen LogP contribution in [0.25, 0.3) is 0 Å². The van der Waals surface area contributed by atoms with E-state index in [2.05, 4.69) is 47.2 Å². The van der Waals surface area contributed by atoms with Crippen molar-refractivity contribution in [3.63, 3.8) is 0 Å². The molecule has 1 unspecified atom stereocenters. The molecule has 0 aliphatic heterocycles. The first-order chi connectivity index (χ1) is 9.76. The van der Waals surface area contributed by atoms with Gasteiger partial charge in [-0.2, -0.15) is 0 Å². The molecular weight excluding hydrogens is 314 g/mol. The number of ether oxygens (including phenoxy) is 1. The van der Waals surface area contributed by atoms with E-state index < -0.39 is 0 Å². The van der Waals surface area contributed by atoms with Crippen LogP contribution in [0, 0.1) is 0 Å². The maximum atomic E-state index is 6.08. The standard InChI is InChI=1S/C17H20BrNO/c1-3-15(19-4-2)13-9-5-7-11-16(13)20-17-12-8-6-10-14(17)18/h5-12,15,19H,3-4H2,1-2H3. The number of rotatable bonds is 6. The quantitative estimate of drug-likeness (QED) is 0.774. The van der Waals surface area contributed by atoms with Gasteiger partial charge < -0.3 is 10.1 Å².